The van der Waals surface area contributed by atoms with E-state index in [1.54, 1.807) is 12.3 Å². The Balaban J connectivity index is 0.000000149. The topological polar surface area (TPSA) is 120 Å². The molecule has 22 rings (SSSR count). The molecule has 0 bridgehead atoms. The Morgan fingerprint density at radius 3 is 1.01 bits per heavy atom. The van der Waals surface area contributed by atoms with Gasteiger partial charge in [-0.15, -0.1) is 127 Å². The van der Waals surface area contributed by atoms with Gasteiger partial charge in [0.15, 0.2) is 0 Å². The summed E-state index contributed by atoms with van der Waals surface area (Å²) in [6, 6.07) is 164. The molecule has 0 N–H and O–H groups in total. The van der Waals surface area contributed by atoms with E-state index in [2.05, 4.69) is 290 Å². The quantitative estimate of drug-likeness (QED) is 0.0482. The molecule has 0 saturated heterocycles. The average molecular weight is 2380 g/mol. The smallest absolute Gasteiger partial charge is 0.340 e. The number of aryl methyl sites for hydroxylation is 3. The SMILES string of the molecule is CC(c1[c-]cccc1)(c1[c-]c2c(cc1)c1ccccc1n1cc([C@](C)(c3[c-]cccc3)c3ccccn3)nc21)c1ccccn1.Cc1cc(-c2[c-]c(C(C)(c3[c-]cccc3)c3ccccn3)ccc2)nc([C@](C)(c2[c-]cccc2)c2ccccn2)c1-c1ccccc1.[2H]C([2H])([2H])c1ccc(-c2cc(C)c(-c3ccccc3)c([C@](C)(c3[c-]cccc3)c3ccccn3)n2)[c-]c1C(C)(c1[c-]cccc1)c1ccccn1.[Ir+3].[Ir+3].[Ir+3]. The second-order valence-corrected chi connectivity index (χ2v) is 36.2. The van der Waals surface area contributed by atoms with Crippen molar-refractivity contribution < 1.29 is 64.4 Å². The minimum absolute atomic E-state index is 0. The first-order chi connectivity index (χ1) is 69.7. The van der Waals surface area contributed by atoms with Gasteiger partial charge in [-0.2, -0.15) is 182 Å². The Bertz CT molecular complexity index is 7950. The molecule has 6 atom stereocenters. The number of imidazole rings is 1. The number of rotatable bonds is 22. The number of hydrogen-bond donors (Lipinski definition) is 0. The first kappa shape index (κ1) is 95.5. The molecule has 0 spiro atoms. The van der Waals surface area contributed by atoms with Crippen LogP contribution in [0.25, 0.3) is 72.1 Å². The van der Waals surface area contributed by atoms with Crippen molar-refractivity contribution in [2.45, 2.75) is 94.7 Å². The van der Waals surface area contributed by atoms with E-state index in [1.165, 1.54) is 0 Å². The number of nitrogens with zero attached hydrogens (tertiary/aromatic N) is 10. The number of para-hydroxylation sites is 1. The van der Waals surface area contributed by atoms with Gasteiger partial charge in [-0.3, -0.25) is 44.9 Å². The van der Waals surface area contributed by atoms with Gasteiger partial charge in [-0.05, 0) is 173 Å². The predicted octanol–water partition coefficient (Wildman–Crippen LogP) is 28.1. The summed E-state index contributed by atoms with van der Waals surface area (Å²) < 4.78 is 28.1. The Morgan fingerprint density at radius 1 is 0.266 bits per heavy atom. The van der Waals surface area contributed by atoms with E-state index in [4.69, 9.17) is 49.0 Å². The van der Waals surface area contributed by atoms with E-state index >= 15 is 0 Å². The maximum atomic E-state index is 8.61. The second kappa shape index (κ2) is 43.2. The summed E-state index contributed by atoms with van der Waals surface area (Å²) in [6.45, 7) is 14.8. The van der Waals surface area contributed by atoms with Crippen LogP contribution < -0.4 is 0 Å². The van der Waals surface area contributed by atoms with Crippen molar-refractivity contribution in [3.63, 3.8) is 0 Å². The van der Waals surface area contributed by atoms with E-state index in [0.29, 0.717) is 22.5 Å². The van der Waals surface area contributed by atoms with Crippen LogP contribution in [-0.2, 0) is 92.8 Å². The van der Waals surface area contributed by atoms with Crippen LogP contribution in [0.15, 0.2) is 438 Å². The number of benzene rings is 12. The maximum Gasteiger partial charge on any atom is 3.00 e. The van der Waals surface area contributed by atoms with E-state index in [9.17, 15) is 0 Å². The molecule has 10 nitrogen and oxygen atoms in total. The molecule has 696 valence electrons. The van der Waals surface area contributed by atoms with E-state index < -0.39 is 39.3 Å². The molecule has 0 radical (unpaired) electrons. The van der Waals surface area contributed by atoms with Crippen LogP contribution in [0.2, 0.25) is 0 Å². The van der Waals surface area contributed by atoms with Crippen molar-refractivity contribution in [1.82, 2.24) is 49.3 Å². The van der Waals surface area contributed by atoms with Crippen molar-refractivity contribution >= 4 is 27.3 Å². The molecule has 0 amide bonds. The number of hydrogen-bond acceptors (Lipinski definition) is 9. The van der Waals surface area contributed by atoms with Gasteiger partial charge in [0, 0.05) is 80.4 Å². The van der Waals surface area contributed by atoms with Crippen LogP contribution in [0.4, 0.5) is 0 Å². The van der Waals surface area contributed by atoms with Gasteiger partial charge in [0.05, 0.1) is 73.1 Å². The van der Waals surface area contributed by atoms with Crippen LogP contribution in [0.5, 0.6) is 0 Å². The molecular formula is C130H99Ir3N10. The molecule has 22 aromatic rings. The molecule has 10 aromatic heterocycles. The van der Waals surface area contributed by atoms with Crippen LogP contribution in [0, 0.1) is 75.3 Å². The van der Waals surface area contributed by atoms with Crippen molar-refractivity contribution in [2.24, 2.45) is 0 Å². The summed E-state index contributed by atoms with van der Waals surface area (Å²) in [5.41, 5.74) is 23.4. The van der Waals surface area contributed by atoms with E-state index in [-0.39, 0.29) is 65.9 Å². The third-order valence-electron chi connectivity index (χ3n) is 27.8. The molecule has 3 unspecified atom stereocenters. The summed E-state index contributed by atoms with van der Waals surface area (Å²) in [7, 11) is 0. The molecule has 0 aliphatic rings. The van der Waals surface area contributed by atoms with Crippen molar-refractivity contribution in [1.29, 1.82) is 0 Å². The number of pyridine rings is 9. The summed E-state index contributed by atoms with van der Waals surface area (Å²) in [6.07, 6.45) is 13.1. The molecular weight excluding hydrogens is 2280 g/mol. The van der Waals surface area contributed by atoms with Gasteiger partial charge < -0.3 is 4.40 Å². The Hall–Kier alpha value is -15.0. The molecule has 10 heterocycles. The van der Waals surface area contributed by atoms with Crippen LogP contribution in [0.1, 0.15) is 164 Å². The standard InChI is InChI=1S/C45H36N3.C44H34N3.C41H29N4.3Ir/c1-32-26-27-35(31-38(32)44(3,36-20-10-6-11-21-36)40-24-14-16-28-46-40)39-30-33(2)42(34-18-8-5-9-19-34)43(48-39)45(4,37-22-12-7-13-23-37)41-25-15-17-29-47-41;1-32-30-38(34-20-17-25-37(31-34)43(2,35-21-9-5-10-22-35)39-26-13-15-28-45-39)47-42(41(32)33-18-7-4-8-19-33)44(3,36-23-11-6-12-24-36)40-27-14-16-29-46-40;1-40(29-15-5-3-6-16-29,36-21-11-13-25-42-36)31-23-24-32-33-19-9-10-20-35(33)45-28-38(44-39(45)34(32)27-31)41(2,30-17-7-4-8-18-30)37-22-12-14-26-43-37;;;/h5-20,22,24-30H,1-4H3;4-21,23,25-30H,1-3H3;3-15,17,19-26,28H,1-2H3;;;/q3*-3;3*+3/t44?,45-;43?,44-;40?,41-;;;/m111.../s1/i1D3;;;;;. The monoisotopic (exact) mass is 2380 g/mol. The molecule has 0 saturated carbocycles. The van der Waals surface area contributed by atoms with Gasteiger partial charge >= 0.3 is 60.3 Å². The van der Waals surface area contributed by atoms with Crippen LogP contribution in [0.3, 0.4) is 0 Å². The summed E-state index contributed by atoms with van der Waals surface area (Å²) in [4.78, 5) is 45.5. The second-order valence-electron chi connectivity index (χ2n) is 36.2. The third kappa shape index (κ3) is 18.9. The van der Waals surface area contributed by atoms with Crippen LogP contribution >= 0.6 is 0 Å². The minimum Gasteiger partial charge on any atom is -0.340 e. The normalized spacial score (nSPS) is 14.1. The van der Waals surface area contributed by atoms with Crippen molar-refractivity contribution in [2.75, 3.05) is 0 Å². The molecule has 0 aliphatic carbocycles. The first-order valence-electron chi connectivity index (χ1n) is 48.5. The van der Waals surface area contributed by atoms with E-state index in [0.717, 1.165) is 162 Å². The predicted molar refractivity (Wildman–Crippen MR) is 562 cm³/mol. The largest absolute Gasteiger partial charge is 3.00 e. The third-order valence-corrected chi connectivity index (χ3v) is 27.8. The van der Waals surface area contributed by atoms with Crippen molar-refractivity contribution in [3.05, 3.63) is 610 Å². The molecule has 143 heavy (non-hydrogen) atoms. The van der Waals surface area contributed by atoms with Crippen molar-refractivity contribution in [3.8, 4) is 44.8 Å². The maximum absolute atomic E-state index is 8.61. The Labute approximate surface area is 883 Å². The van der Waals surface area contributed by atoms with Gasteiger partial charge in [0.25, 0.3) is 0 Å². The van der Waals surface area contributed by atoms with Gasteiger partial charge in [0.2, 0.25) is 0 Å². The zero-order valence-electron chi connectivity index (χ0n) is 83.0. The van der Waals surface area contributed by atoms with Gasteiger partial charge in [-0.1, -0.05) is 145 Å². The zero-order chi connectivity index (χ0) is 98.3. The average Bonchev–Trinajstić information content (AvgIpc) is 1.51. The minimum atomic E-state index is -2.42. The molecule has 12 aromatic carbocycles. The van der Waals surface area contributed by atoms with Crippen LogP contribution in [-0.4, -0.2) is 49.3 Å². The Morgan fingerprint density at radius 2 is 0.608 bits per heavy atom. The molecule has 0 fully saturated rings. The number of aromatic nitrogens is 10. The fraction of sp³-hybridized carbons (Fsp3) is 0.115. The summed E-state index contributed by atoms with van der Waals surface area (Å²) >= 11 is 0. The molecule has 0 aliphatic heterocycles. The van der Waals surface area contributed by atoms with Gasteiger partial charge in [0.1, 0.15) is 0 Å². The Kier molecular flexibility index (Phi) is 28.9. The zero-order valence-corrected chi connectivity index (χ0v) is 87.2. The summed E-state index contributed by atoms with van der Waals surface area (Å²) in [5.74, 6) is 0. The number of fused-ring (bicyclic) bond motifs is 6. The fourth-order valence-electron chi connectivity index (χ4n) is 19.9. The van der Waals surface area contributed by atoms with Gasteiger partial charge in [-0.25, -0.2) is 0 Å². The summed E-state index contributed by atoms with van der Waals surface area (Å²) in [5, 5.41) is 3.20. The first-order valence-corrected chi connectivity index (χ1v) is 47.0. The van der Waals surface area contributed by atoms with E-state index in [1.807, 2.05) is 250 Å². The molecule has 13 heteroatoms. The fourth-order valence-corrected chi connectivity index (χ4v) is 19.9.